The highest BCUT2D eigenvalue weighted by molar-refractivity contribution is 7.12. The van der Waals surface area contributed by atoms with Crippen LogP contribution in [0.1, 0.15) is 22.2 Å². The summed E-state index contributed by atoms with van der Waals surface area (Å²) in [7, 11) is 1.53. The smallest absolute Gasteiger partial charge is 0.341 e. The van der Waals surface area contributed by atoms with Crippen molar-refractivity contribution in [2.45, 2.75) is 13.5 Å². The average molecular weight is 473 g/mol. The molecule has 0 unspecified atom stereocenters. The van der Waals surface area contributed by atoms with Gasteiger partial charge in [-0.15, -0.1) is 11.3 Å². The number of pyridine rings is 1. The number of nitrogens with zero attached hydrogens (tertiary/aromatic N) is 4. The Morgan fingerprint density at radius 3 is 2.64 bits per heavy atom. The summed E-state index contributed by atoms with van der Waals surface area (Å²) in [6.07, 6.45) is 1.33. The van der Waals surface area contributed by atoms with E-state index >= 15 is 4.39 Å². The molecule has 1 fully saturated rings. The molecule has 1 aromatic carbocycles. The minimum atomic E-state index is -1.32. The number of carboxylic acids is 1. The summed E-state index contributed by atoms with van der Waals surface area (Å²) in [5, 5.41) is 15.6. The van der Waals surface area contributed by atoms with E-state index in [4.69, 9.17) is 4.84 Å². The predicted octanol–water partition coefficient (Wildman–Crippen LogP) is 3.09. The van der Waals surface area contributed by atoms with Gasteiger partial charge in [0.2, 0.25) is 5.43 Å². The molecule has 0 radical (unpaired) electrons. The van der Waals surface area contributed by atoms with Gasteiger partial charge < -0.3 is 19.4 Å². The summed E-state index contributed by atoms with van der Waals surface area (Å²) >= 11 is 1.61. The molecule has 0 atom stereocenters. The fraction of sp³-hybridized carbons (Fsp3) is 0.348. The van der Waals surface area contributed by atoms with Crippen LogP contribution in [0.5, 0.6) is 0 Å². The highest BCUT2D eigenvalue weighted by atomic mass is 32.1. The van der Waals surface area contributed by atoms with Gasteiger partial charge in [0.05, 0.1) is 16.1 Å². The molecule has 1 aliphatic rings. The van der Waals surface area contributed by atoms with E-state index in [0.29, 0.717) is 50.5 Å². The zero-order valence-corrected chi connectivity index (χ0v) is 19.3. The summed E-state index contributed by atoms with van der Waals surface area (Å²) in [5.74, 6) is -1.85. The van der Waals surface area contributed by atoms with E-state index in [1.807, 2.05) is 29.3 Å². The SMILES string of the molecule is CCn1cc(C(=O)O)c(=O)c2cc(F)c(N3CCN(C/C(=N/OC)c4cccs4)CC3)cc21. The lowest BCUT2D eigenvalue weighted by Gasteiger charge is -2.36. The van der Waals surface area contributed by atoms with Crippen LogP contribution < -0.4 is 10.3 Å². The summed E-state index contributed by atoms with van der Waals surface area (Å²) in [6.45, 7) is 5.59. The van der Waals surface area contributed by atoms with Crippen LogP contribution in [0.2, 0.25) is 0 Å². The monoisotopic (exact) mass is 472 g/mol. The number of benzene rings is 1. The molecule has 3 heterocycles. The molecule has 0 amide bonds. The van der Waals surface area contributed by atoms with Crippen molar-refractivity contribution in [3.63, 3.8) is 0 Å². The first-order chi connectivity index (χ1) is 15.9. The Bertz CT molecular complexity index is 1250. The molecular weight excluding hydrogens is 447 g/mol. The number of rotatable bonds is 7. The van der Waals surface area contributed by atoms with Gasteiger partial charge in [0, 0.05) is 50.9 Å². The Morgan fingerprint density at radius 2 is 2.03 bits per heavy atom. The van der Waals surface area contributed by atoms with Crippen LogP contribution in [0.4, 0.5) is 10.1 Å². The number of aromatic carboxylic acids is 1. The van der Waals surface area contributed by atoms with Crippen molar-refractivity contribution >= 4 is 39.6 Å². The average Bonchev–Trinajstić information content (AvgIpc) is 3.34. The second kappa shape index (κ2) is 9.72. The second-order valence-corrected chi connectivity index (χ2v) is 8.69. The minimum absolute atomic E-state index is 0.0769. The normalized spacial score (nSPS) is 15.2. The van der Waals surface area contributed by atoms with Crippen molar-refractivity contribution in [1.82, 2.24) is 9.47 Å². The van der Waals surface area contributed by atoms with Crippen LogP contribution in [-0.2, 0) is 11.4 Å². The summed E-state index contributed by atoms with van der Waals surface area (Å²) in [5.41, 5.74) is 0.772. The maximum Gasteiger partial charge on any atom is 0.341 e. The molecular formula is C23H25FN4O4S. The lowest BCUT2D eigenvalue weighted by Crippen LogP contribution is -2.48. The molecule has 33 heavy (non-hydrogen) atoms. The van der Waals surface area contributed by atoms with E-state index in [-0.39, 0.29) is 10.9 Å². The van der Waals surface area contributed by atoms with Crippen molar-refractivity contribution in [2.24, 2.45) is 5.16 Å². The van der Waals surface area contributed by atoms with Gasteiger partial charge in [-0.1, -0.05) is 11.2 Å². The second-order valence-electron chi connectivity index (χ2n) is 7.74. The lowest BCUT2D eigenvalue weighted by atomic mass is 10.1. The molecule has 1 saturated heterocycles. The van der Waals surface area contributed by atoms with Gasteiger partial charge >= 0.3 is 5.97 Å². The van der Waals surface area contributed by atoms with Gasteiger partial charge in [-0.2, -0.15) is 0 Å². The van der Waals surface area contributed by atoms with Gasteiger partial charge in [-0.25, -0.2) is 9.18 Å². The molecule has 1 N–H and O–H groups in total. The first kappa shape index (κ1) is 22.9. The Hall–Kier alpha value is -3.24. The topological polar surface area (TPSA) is 87.4 Å². The molecule has 3 aromatic rings. The fourth-order valence-electron chi connectivity index (χ4n) is 4.12. The van der Waals surface area contributed by atoms with Gasteiger partial charge in [-0.05, 0) is 30.5 Å². The maximum absolute atomic E-state index is 15.1. The van der Waals surface area contributed by atoms with E-state index in [1.165, 1.54) is 13.3 Å². The van der Waals surface area contributed by atoms with Crippen molar-refractivity contribution in [3.8, 4) is 0 Å². The van der Waals surface area contributed by atoms with Crippen LogP contribution in [0, 0.1) is 5.82 Å². The number of aryl methyl sites for hydroxylation is 1. The Labute approximate surface area is 194 Å². The van der Waals surface area contributed by atoms with E-state index < -0.39 is 17.2 Å². The number of carbonyl (C=O) groups is 1. The van der Waals surface area contributed by atoms with Crippen molar-refractivity contribution in [2.75, 3.05) is 44.7 Å². The first-order valence-electron chi connectivity index (χ1n) is 10.6. The number of hydrogen-bond acceptors (Lipinski definition) is 7. The summed E-state index contributed by atoms with van der Waals surface area (Å²) < 4.78 is 16.7. The first-order valence-corrected chi connectivity index (χ1v) is 11.5. The number of piperazine rings is 1. The summed E-state index contributed by atoms with van der Waals surface area (Å²) in [4.78, 5) is 34.3. The number of oxime groups is 1. The third-order valence-electron chi connectivity index (χ3n) is 5.81. The van der Waals surface area contributed by atoms with Gasteiger partial charge in [0.1, 0.15) is 24.2 Å². The van der Waals surface area contributed by atoms with Crippen LogP contribution in [0.25, 0.3) is 10.9 Å². The predicted molar refractivity (Wildman–Crippen MR) is 127 cm³/mol. The van der Waals surface area contributed by atoms with Crippen LogP contribution >= 0.6 is 11.3 Å². The number of aromatic nitrogens is 1. The molecule has 0 bridgehead atoms. The highest BCUT2D eigenvalue weighted by Gasteiger charge is 2.23. The Kier molecular flexibility index (Phi) is 6.75. The largest absolute Gasteiger partial charge is 0.477 e. The third-order valence-corrected chi connectivity index (χ3v) is 6.73. The lowest BCUT2D eigenvalue weighted by molar-refractivity contribution is 0.0695. The molecule has 174 valence electrons. The zero-order chi connectivity index (χ0) is 23.5. The maximum atomic E-state index is 15.1. The molecule has 1 aliphatic heterocycles. The molecule has 10 heteroatoms. The molecule has 0 aliphatic carbocycles. The quantitative estimate of drug-likeness (QED) is 0.420. The molecule has 4 rings (SSSR count). The van der Waals surface area contributed by atoms with Crippen LogP contribution in [0.3, 0.4) is 0 Å². The van der Waals surface area contributed by atoms with E-state index in [9.17, 15) is 14.7 Å². The number of anilines is 1. The number of hydrogen-bond donors (Lipinski definition) is 1. The van der Waals surface area contributed by atoms with E-state index in [2.05, 4.69) is 10.1 Å². The van der Waals surface area contributed by atoms with Crippen molar-refractivity contribution in [1.29, 1.82) is 0 Å². The molecule has 8 nitrogen and oxygen atoms in total. The van der Waals surface area contributed by atoms with Gasteiger partial charge in [0.25, 0.3) is 0 Å². The number of fused-ring (bicyclic) bond motifs is 1. The standard InChI is InChI=1S/C23H25FN4O4S/c1-3-27-13-16(23(30)31)22(29)15-11-17(24)20(12-19(15)27)28-8-6-26(7-9-28)14-18(25-32-2)21-5-4-10-33-21/h4-5,10-13H,3,6-9,14H2,1-2H3,(H,30,31)/b25-18-. The van der Waals surface area contributed by atoms with E-state index in [1.54, 1.807) is 22.0 Å². The number of thiophene rings is 1. The van der Waals surface area contributed by atoms with Crippen LogP contribution in [0.15, 0.2) is 45.8 Å². The minimum Gasteiger partial charge on any atom is -0.477 e. The van der Waals surface area contributed by atoms with E-state index in [0.717, 1.165) is 16.7 Å². The van der Waals surface area contributed by atoms with Crippen molar-refractivity contribution < 1.29 is 19.1 Å². The highest BCUT2D eigenvalue weighted by Crippen LogP contribution is 2.26. The van der Waals surface area contributed by atoms with Crippen LogP contribution in [-0.4, -0.2) is 66.1 Å². The molecule has 2 aromatic heterocycles. The number of carboxylic acid groups (broad SMARTS) is 1. The zero-order valence-electron chi connectivity index (χ0n) is 18.5. The Morgan fingerprint density at radius 1 is 1.27 bits per heavy atom. The van der Waals surface area contributed by atoms with Crippen molar-refractivity contribution in [3.05, 3.63) is 62.3 Å². The molecule has 0 saturated carbocycles. The summed E-state index contributed by atoms with van der Waals surface area (Å²) in [6, 6.07) is 6.80. The third kappa shape index (κ3) is 4.62. The van der Waals surface area contributed by atoms with Gasteiger partial charge in [-0.3, -0.25) is 9.69 Å². The number of halogens is 1. The Balaban J connectivity index is 1.56. The van der Waals surface area contributed by atoms with Gasteiger partial charge in [0.15, 0.2) is 0 Å². The fourth-order valence-corrected chi connectivity index (χ4v) is 4.82. The molecule has 0 spiro atoms.